The number of amides is 1. The van der Waals surface area contributed by atoms with Gasteiger partial charge in [-0.05, 0) is 39.7 Å². The first-order chi connectivity index (χ1) is 7.31. The lowest BCUT2D eigenvalue weighted by molar-refractivity contribution is -0.121. The summed E-state index contributed by atoms with van der Waals surface area (Å²) < 4.78 is 0. The molecule has 0 saturated carbocycles. The second-order valence-electron chi connectivity index (χ2n) is 5.86. The van der Waals surface area contributed by atoms with Gasteiger partial charge >= 0.3 is 0 Å². The van der Waals surface area contributed by atoms with E-state index in [0.717, 1.165) is 18.9 Å². The van der Waals surface area contributed by atoms with Gasteiger partial charge in [0.15, 0.2) is 0 Å². The molecular weight excluding hydrogens is 200 g/mol. The van der Waals surface area contributed by atoms with Crippen molar-refractivity contribution in [3.8, 4) is 0 Å². The van der Waals surface area contributed by atoms with Crippen LogP contribution >= 0.6 is 0 Å². The summed E-state index contributed by atoms with van der Waals surface area (Å²) in [4.78, 5) is 11.4. The second-order valence-corrected chi connectivity index (χ2v) is 5.86. The van der Waals surface area contributed by atoms with E-state index < -0.39 is 0 Å². The molecule has 16 heavy (non-hydrogen) atoms. The lowest BCUT2D eigenvalue weighted by Crippen LogP contribution is -2.44. The number of rotatable bonds is 7. The van der Waals surface area contributed by atoms with Crippen molar-refractivity contribution < 1.29 is 4.79 Å². The zero-order valence-corrected chi connectivity index (χ0v) is 11.5. The lowest BCUT2D eigenvalue weighted by Gasteiger charge is -2.20. The molecule has 0 aliphatic heterocycles. The van der Waals surface area contributed by atoms with E-state index in [1.54, 1.807) is 0 Å². The van der Waals surface area contributed by atoms with Crippen LogP contribution in [0.1, 0.15) is 53.9 Å². The first-order valence-electron chi connectivity index (χ1n) is 6.33. The molecule has 0 heterocycles. The monoisotopic (exact) mass is 228 g/mol. The van der Waals surface area contributed by atoms with E-state index in [2.05, 4.69) is 24.5 Å². The van der Waals surface area contributed by atoms with Crippen molar-refractivity contribution >= 4 is 5.91 Å². The summed E-state index contributed by atoms with van der Waals surface area (Å²) in [5, 5.41) is 6.10. The number of hydrogen-bond donors (Lipinski definition) is 2. The summed E-state index contributed by atoms with van der Waals surface area (Å²) in [7, 11) is 0. The average Bonchev–Trinajstić information content (AvgIpc) is 2.07. The van der Waals surface area contributed by atoms with Gasteiger partial charge in [-0.1, -0.05) is 26.7 Å². The van der Waals surface area contributed by atoms with Gasteiger partial charge in [-0.2, -0.15) is 0 Å². The highest BCUT2D eigenvalue weighted by Crippen LogP contribution is 2.04. The number of nitrogens with one attached hydrogen (secondary N) is 2. The molecule has 0 aliphatic rings. The molecule has 3 heteroatoms. The summed E-state index contributed by atoms with van der Waals surface area (Å²) in [5.74, 6) is 0.862. The van der Waals surface area contributed by atoms with Crippen molar-refractivity contribution in [3.63, 3.8) is 0 Å². The predicted molar refractivity (Wildman–Crippen MR) is 69.5 cm³/mol. The van der Waals surface area contributed by atoms with Crippen LogP contribution in [-0.4, -0.2) is 24.5 Å². The number of carbonyl (C=O) groups excluding carboxylic acids is 1. The van der Waals surface area contributed by atoms with Gasteiger partial charge in [0, 0.05) is 5.54 Å². The lowest BCUT2D eigenvalue weighted by atomic mass is 10.1. The summed E-state index contributed by atoms with van der Waals surface area (Å²) >= 11 is 0. The van der Waals surface area contributed by atoms with E-state index in [-0.39, 0.29) is 11.4 Å². The van der Waals surface area contributed by atoms with Crippen molar-refractivity contribution in [2.75, 3.05) is 13.1 Å². The molecule has 0 fully saturated rings. The normalized spacial score (nSPS) is 11.9. The highest BCUT2D eigenvalue weighted by Gasteiger charge is 2.12. The Kier molecular flexibility index (Phi) is 7.39. The molecule has 0 unspecified atom stereocenters. The van der Waals surface area contributed by atoms with Crippen LogP contribution in [0.4, 0.5) is 0 Å². The Bertz CT molecular complexity index is 195. The minimum Gasteiger partial charge on any atom is -0.350 e. The first-order valence-corrected chi connectivity index (χ1v) is 6.33. The molecule has 0 aliphatic carbocycles. The first kappa shape index (κ1) is 15.4. The fourth-order valence-electron chi connectivity index (χ4n) is 1.47. The van der Waals surface area contributed by atoms with E-state index >= 15 is 0 Å². The summed E-state index contributed by atoms with van der Waals surface area (Å²) in [5.41, 5.74) is -0.129. The fourth-order valence-corrected chi connectivity index (χ4v) is 1.47. The maximum absolute atomic E-state index is 11.4. The molecule has 1 amide bonds. The Labute approximate surface area is 100 Å². The maximum atomic E-state index is 11.4. The molecule has 0 aromatic heterocycles. The van der Waals surface area contributed by atoms with Gasteiger partial charge < -0.3 is 10.6 Å². The Balaban J connectivity index is 3.35. The zero-order valence-electron chi connectivity index (χ0n) is 11.5. The van der Waals surface area contributed by atoms with Crippen molar-refractivity contribution in [2.45, 2.75) is 59.4 Å². The van der Waals surface area contributed by atoms with E-state index in [4.69, 9.17) is 0 Å². The number of carbonyl (C=O) groups is 1. The fraction of sp³-hybridized carbons (Fsp3) is 0.923. The summed E-state index contributed by atoms with van der Waals surface area (Å²) in [6.45, 7) is 11.8. The molecule has 96 valence electrons. The van der Waals surface area contributed by atoms with Gasteiger partial charge in [0.25, 0.3) is 0 Å². The third-order valence-corrected chi connectivity index (χ3v) is 2.19. The topological polar surface area (TPSA) is 41.1 Å². The standard InChI is InChI=1S/C13H28N2O/c1-11(2)8-6-7-9-14-10-12(16)15-13(3,4)5/h11,14H,6-10H2,1-5H3,(H,15,16). The average molecular weight is 228 g/mol. The second kappa shape index (κ2) is 7.66. The molecule has 2 N–H and O–H groups in total. The molecule has 0 rings (SSSR count). The minimum atomic E-state index is -0.129. The van der Waals surface area contributed by atoms with Gasteiger partial charge in [0.2, 0.25) is 5.91 Å². The molecule has 0 radical (unpaired) electrons. The Morgan fingerprint density at radius 3 is 2.31 bits per heavy atom. The van der Waals surface area contributed by atoms with Gasteiger partial charge in [0.05, 0.1) is 6.54 Å². The molecular formula is C13H28N2O. The molecule has 0 aromatic rings. The smallest absolute Gasteiger partial charge is 0.234 e. The largest absolute Gasteiger partial charge is 0.350 e. The number of unbranched alkanes of at least 4 members (excludes halogenated alkanes) is 1. The SMILES string of the molecule is CC(C)CCCCNCC(=O)NC(C)(C)C. The third kappa shape index (κ3) is 11.5. The molecule has 0 aromatic carbocycles. The zero-order chi connectivity index (χ0) is 12.6. The Morgan fingerprint density at radius 2 is 1.81 bits per heavy atom. The molecule has 3 nitrogen and oxygen atoms in total. The van der Waals surface area contributed by atoms with Gasteiger partial charge in [0.1, 0.15) is 0 Å². The van der Waals surface area contributed by atoms with E-state index in [0.29, 0.717) is 6.54 Å². The highest BCUT2D eigenvalue weighted by molar-refractivity contribution is 5.78. The van der Waals surface area contributed by atoms with Crippen LogP contribution in [0, 0.1) is 5.92 Å². The summed E-state index contributed by atoms with van der Waals surface area (Å²) in [6, 6.07) is 0. The van der Waals surface area contributed by atoms with E-state index in [9.17, 15) is 4.79 Å². The van der Waals surface area contributed by atoms with Crippen LogP contribution in [0.5, 0.6) is 0 Å². The van der Waals surface area contributed by atoms with E-state index in [1.807, 2.05) is 20.8 Å². The van der Waals surface area contributed by atoms with Crippen LogP contribution in [0.15, 0.2) is 0 Å². The molecule has 0 bridgehead atoms. The Morgan fingerprint density at radius 1 is 1.19 bits per heavy atom. The minimum absolute atomic E-state index is 0.0800. The van der Waals surface area contributed by atoms with Crippen LogP contribution in [0.25, 0.3) is 0 Å². The van der Waals surface area contributed by atoms with Gasteiger partial charge in [-0.15, -0.1) is 0 Å². The van der Waals surface area contributed by atoms with Crippen LogP contribution in [-0.2, 0) is 4.79 Å². The summed E-state index contributed by atoms with van der Waals surface area (Å²) in [6.07, 6.45) is 3.67. The van der Waals surface area contributed by atoms with Crippen LogP contribution in [0.2, 0.25) is 0 Å². The molecule has 0 spiro atoms. The predicted octanol–water partition coefficient (Wildman–Crippen LogP) is 2.32. The van der Waals surface area contributed by atoms with Crippen molar-refractivity contribution in [1.82, 2.24) is 10.6 Å². The third-order valence-electron chi connectivity index (χ3n) is 2.19. The Hall–Kier alpha value is -0.570. The molecule has 0 atom stereocenters. The molecule has 0 saturated heterocycles. The van der Waals surface area contributed by atoms with Crippen molar-refractivity contribution in [3.05, 3.63) is 0 Å². The van der Waals surface area contributed by atoms with Crippen molar-refractivity contribution in [2.24, 2.45) is 5.92 Å². The highest BCUT2D eigenvalue weighted by atomic mass is 16.2. The van der Waals surface area contributed by atoms with Crippen LogP contribution < -0.4 is 10.6 Å². The quantitative estimate of drug-likeness (QED) is 0.657. The number of hydrogen-bond acceptors (Lipinski definition) is 2. The maximum Gasteiger partial charge on any atom is 0.234 e. The van der Waals surface area contributed by atoms with E-state index in [1.165, 1.54) is 12.8 Å². The van der Waals surface area contributed by atoms with Gasteiger partial charge in [-0.3, -0.25) is 4.79 Å². The van der Waals surface area contributed by atoms with Crippen molar-refractivity contribution in [1.29, 1.82) is 0 Å². The van der Waals surface area contributed by atoms with Gasteiger partial charge in [-0.25, -0.2) is 0 Å². The van der Waals surface area contributed by atoms with Crippen LogP contribution in [0.3, 0.4) is 0 Å².